The summed E-state index contributed by atoms with van der Waals surface area (Å²) in [7, 11) is -2.93. The van der Waals surface area contributed by atoms with Gasteiger partial charge in [0, 0.05) is 13.5 Å². The van der Waals surface area contributed by atoms with Gasteiger partial charge in [-0.3, -0.25) is 14.2 Å². The Labute approximate surface area is 211 Å². The molecule has 0 saturated carbocycles. The first kappa shape index (κ1) is 27.3. The van der Waals surface area contributed by atoms with Crippen molar-refractivity contribution in [1.82, 2.24) is 0 Å². The van der Waals surface area contributed by atoms with E-state index in [1.165, 1.54) is 7.11 Å². The van der Waals surface area contributed by atoms with Crippen LogP contribution in [0, 0.1) is 5.92 Å². The van der Waals surface area contributed by atoms with Gasteiger partial charge >= 0.3 is 19.5 Å². The van der Waals surface area contributed by atoms with Crippen LogP contribution in [0.5, 0.6) is 0 Å². The molecule has 3 unspecified atom stereocenters. The standard InChI is InChI=1S/C28H31O7P/c1-33-36(31,32)26(24-15-9-4-10-16-24)19-25(28(30)35-21-23-13-7-3-8-14-23)17-18-27(29)34-20-22-11-5-2-6-12-22/h2-16,25-26H,17-21H2,1H3,(H,31,32). The van der Waals surface area contributed by atoms with Crippen molar-refractivity contribution >= 4 is 19.5 Å². The molecule has 190 valence electrons. The first-order valence-electron chi connectivity index (χ1n) is 11.7. The summed E-state index contributed by atoms with van der Waals surface area (Å²) in [5.41, 5.74) is 1.28. The number of esters is 2. The first-order chi connectivity index (χ1) is 17.4. The molecule has 8 heteroatoms. The Morgan fingerprint density at radius 3 is 1.83 bits per heavy atom. The number of carbonyl (C=O) groups excluding carboxylic acids is 2. The maximum Gasteiger partial charge on any atom is 0.335 e. The highest BCUT2D eigenvalue weighted by Gasteiger charge is 2.37. The molecule has 0 aliphatic heterocycles. The van der Waals surface area contributed by atoms with E-state index in [0.717, 1.165) is 11.1 Å². The van der Waals surface area contributed by atoms with Crippen LogP contribution < -0.4 is 0 Å². The number of carbonyl (C=O) groups is 2. The minimum atomic E-state index is -4.10. The van der Waals surface area contributed by atoms with Crippen LogP contribution in [0.15, 0.2) is 91.0 Å². The van der Waals surface area contributed by atoms with Gasteiger partial charge in [-0.25, -0.2) is 0 Å². The van der Waals surface area contributed by atoms with E-state index < -0.39 is 31.1 Å². The number of ether oxygens (including phenoxy) is 2. The second-order valence-corrected chi connectivity index (χ2v) is 10.5. The van der Waals surface area contributed by atoms with Crippen LogP contribution in [0.4, 0.5) is 0 Å². The van der Waals surface area contributed by atoms with E-state index in [2.05, 4.69) is 0 Å². The van der Waals surface area contributed by atoms with Crippen LogP contribution in [0.25, 0.3) is 0 Å². The molecule has 0 aliphatic rings. The van der Waals surface area contributed by atoms with Gasteiger partial charge in [-0.2, -0.15) is 0 Å². The molecule has 0 aromatic heterocycles. The zero-order valence-electron chi connectivity index (χ0n) is 20.2. The largest absolute Gasteiger partial charge is 0.461 e. The summed E-state index contributed by atoms with van der Waals surface area (Å²) in [4.78, 5) is 36.1. The van der Waals surface area contributed by atoms with Crippen LogP contribution in [0.3, 0.4) is 0 Å². The van der Waals surface area contributed by atoms with E-state index in [4.69, 9.17) is 14.0 Å². The van der Waals surface area contributed by atoms with Crippen molar-refractivity contribution in [3.63, 3.8) is 0 Å². The fourth-order valence-electron chi connectivity index (χ4n) is 3.81. The topological polar surface area (TPSA) is 99.1 Å². The molecule has 0 bridgehead atoms. The van der Waals surface area contributed by atoms with Gasteiger partial charge in [-0.15, -0.1) is 0 Å². The summed E-state index contributed by atoms with van der Waals surface area (Å²) in [6.45, 7) is 0.191. The van der Waals surface area contributed by atoms with Gasteiger partial charge in [0.15, 0.2) is 0 Å². The number of hydrogen-bond acceptors (Lipinski definition) is 6. The van der Waals surface area contributed by atoms with E-state index in [1.807, 2.05) is 60.7 Å². The van der Waals surface area contributed by atoms with E-state index in [-0.39, 0.29) is 32.5 Å². The summed E-state index contributed by atoms with van der Waals surface area (Å²) in [5, 5.41) is 0. The highest BCUT2D eigenvalue weighted by Crippen LogP contribution is 2.58. The SMILES string of the molecule is COP(=O)(O)C(CC(CCC(=O)OCc1ccccc1)C(=O)OCc1ccccc1)c1ccccc1. The highest BCUT2D eigenvalue weighted by molar-refractivity contribution is 7.53. The van der Waals surface area contributed by atoms with Crippen LogP contribution in [-0.2, 0) is 41.4 Å². The molecule has 36 heavy (non-hydrogen) atoms. The molecule has 0 heterocycles. The molecule has 0 radical (unpaired) electrons. The Kier molecular flexibility index (Phi) is 10.4. The maximum absolute atomic E-state index is 13.1. The Bertz CT molecular complexity index is 1140. The molecule has 3 atom stereocenters. The normalized spacial score (nSPS) is 14.3. The average molecular weight is 511 g/mol. The molecule has 0 amide bonds. The quantitative estimate of drug-likeness (QED) is 0.228. The van der Waals surface area contributed by atoms with Gasteiger partial charge in [0.2, 0.25) is 0 Å². The monoisotopic (exact) mass is 510 g/mol. The molecular formula is C28H31O7P. The van der Waals surface area contributed by atoms with Crippen molar-refractivity contribution in [2.75, 3.05) is 7.11 Å². The van der Waals surface area contributed by atoms with E-state index in [9.17, 15) is 19.0 Å². The number of hydrogen-bond donors (Lipinski definition) is 1. The molecule has 3 rings (SSSR count). The van der Waals surface area contributed by atoms with Crippen LogP contribution in [0.1, 0.15) is 41.6 Å². The van der Waals surface area contributed by atoms with Crippen molar-refractivity contribution in [3.8, 4) is 0 Å². The van der Waals surface area contributed by atoms with Gasteiger partial charge in [0.1, 0.15) is 13.2 Å². The third kappa shape index (κ3) is 8.45. The third-order valence-electron chi connectivity index (χ3n) is 5.84. The van der Waals surface area contributed by atoms with Crippen molar-refractivity contribution in [1.29, 1.82) is 0 Å². The van der Waals surface area contributed by atoms with Crippen molar-refractivity contribution in [2.24, 2.45) is 5.92 Å². The number of rotatable bonds is 13. The molecule has 0 aliphatic carbocycles. The smallest absolute Gasteiger partial charge is 0.335 e. The summed E-state index contributed by atoms with van der Waals surface area (Å²) in [6.07, 6.45) is 0.0433. The fourth-order valence-corrected chi connectivity index (χ4v) is 5.13. The lowest BCUT2D eigenvalue weighted by Gasteiger charge is -2.25. The molecule has 1 N–H and O–H groups in total. The van der Waals surface area contributed by atoms with E-state index in [0.29, 0.717) is 5.56 Å². The third-order valence-corrected chi connectivity index (χ3v) is 7.66. The Morgan fingerprint density at radius 1 is 0.806 bits per heavy atom. The maximum atomic E-state index is 13.1. The van der Waals surface area contributed by atoms with Gasteiger partial charge in [-0.05, 0) is 29.5 Å². The molecule has 7 nitrogen and oxygen atoms in total. The van der Waals surface area contributed by atoms with Gasteiger partial charge in [0.05, 0.1) is 11.6 Å². The predicted molar refractivity (Wildman–Crippen MR) is 136 cm³/mol. The van der Waals surface area contributed by atoms with Crippen molar-refractivity contribution in [2.45, 2.75) is 38.1 Å². The van der Waals surface area contributed by atoms with Crippen molar-refractivity contribution in [3.05, 3.63) is 108 Å². The minimum Gasteiger partial charge on any atom is -0.461 e. The first-order valence-corrected chi connectivity index (χ1v) is 13.4. The predicted octanol–water partition coefficient (Wildman–Crippen LogP) is 5.83. The number of benzene rings is 3. The van der Waals surface area contributed by atoms with E-state index in [1.54, 1.807) is 30.3 Å². The van der Waals surface area contributed by atoms with Crippen LogP contribution in [-0.4, -0.2) is 23.9 Å². The molecule has 0 fully saturated rings. The van der Waals surface area contributed by atoms with Crippen LogP contribution >= 0.6 is 7.60 Å². The van der Waals surface area contributed by atoms with E-state index >= 15 is 0 Å². The van der Waals surface area contributed by atoms with Gasteiger partial charge < -0.3 is 18.9 Å². The lowest BCUT2D eigenvalue weighted by atomic mass is 9.94. The summed E-state index contributed by atoms with van der Waals surface area (Å²) in [5.74, 6) is -1.83. The molecule has 0 saturated heterocycles. The average Bonchev–Trinajstić information content (AvgIpc) is 2.92. The Hall–Kier alpha value is -3.25. The Balaban J connectivity index is 1.72. The zero-order valence-corrected chi connectivity index (χ0v) is 21.1. The lowest BCUT2D eigenvalue weighted by molar-refractivity contribution is -0.151. The zero-order chi connectivity index (χ0) is 25.8. The van der Waals surface area contributed by atoms with Gasteiger partial charge in [0.25, 0.3) is 0 Å². The molecular weight excluding hydrogens is 479 g/mol. The summed E-state index contributed by atoms with van der Waals surface area (Å²) in [6, 6.07) is 27.2. The minimum absolute atomic E-state index is 0.0226. The second kappa shape index (κ2) is 13.7. The highest BCUT2D eigenvalue weighted by atomic mass is 31.2. The summed E-state index contributed by atoms with van der Waals surface area (Å²) < 4.78 is 28.7. The second-order valence-electron chi connectivity index (χ2n) is 8.38. The Morgan fingerprint density at radius 2 is 1.31 bits per heavy atom. The van der Waals surface area contributed by atoms with Crippen LogP contribution in [0.2, 0.25) is 0 Å². The molecule has 0 spiro atoms. The fraction of sp³-hybridized carbons (Fsp3) is 0.286. The lowest BCUT2D eigenvalue weighted by Crippen LogP contribution is -2.22. The summed E-state index contributed by atoms with van der Waals surface area (Å²) >= 11 is 0. The molecule has 3 aromatic carbocycles. The molecule has 3 aromatic rings. The van der Waals surface area contributed by atoms with Crippen molar-refractivity contribution < 1.29 is 33.0 Å². The van der Waals surface area contributed by atoms with Gasteiger partial charge in [-0.1, -0.05) is 91.0 Å².